The van der Waals surface area contributed by atoms with Gasteiger partial charge in [0.15, 0.2) is 0 Å². The number of benzene rings is 1. The Labute approximate surface area is 141 Å². The molecule has 1 aromatic rings. The van der Waals surface area contributed by atoms with Gasteiger partial charge in [-0.1, -0.05) is 12.1 Å². The zero-order valence-electron chi connectivity index (χ0n) is 13.6. The fraction of sp³-hybridized carbons (Fsp3) is 0.562. The highest BCUT2D eigenvalue weighted by Crippen LogP contribution is 2.45. The Balaban J connectivity index is 1.66. The van der Waals surface area contributed by atoms with E-state index in [-0.39, 0.29) is 38.0 Å². The molecule has 2 aliphatic rings. The van der Waals surface area contributed by atoms with Crippen molar-refractivity contribution in [2.24, 2.45) is 0 Å². The Morgan fingerprint density at radius 2 is 2.04 bits per heavy atom. The summed E-state index contributed by atoms with van der Waals surface area (Å²) in [7, 11) is -2.06. The summed E-state index contributed by atoms with van der Waals surface area (Å²) in [5.41, 5.74) is 0.692. The van der Waals surface area contributed by atoms with Gasteiger partial charge in [0.25, 0.3) is 0 Å². The van der Waals surface area contributed by atoms with Crippen molar-refractivity contribution in [1.29, 1.82) is 0 Å². The third-order valence-electron chi connectivity index (χ3n) is 4.65. The average molecular weight is 356 g/mol. The lowest BCUT2D eigenvalue weighted by molar-refractivity contribution is -0.134. The minimum atomic E-state index is -3.55. The number of ether oxygens (including phenoxy) is 1. The fourth-order valence-electron chi connectivity index (χ4n) is 3.07. The molecule has 0 unspecified atom stereocenters. The Hall–Kier alpha value is -1.51. The van der Waals surface area contributed by atoms with E-state index >= 15 is 0 Å². The first kappa shape index (κ1) is 17.3. The monoisotopic (exact) mass is 356 g/mol. The van der Waals surface area contributed by atoms with Crippen LogP contribution < -0.4 is 0 Å². The number of carbonyl (C=O) groups is 1. The summed E-state index contributed by atoms with van der Waals surface area (Å²) < 4.78 is 44.2. The fourth-order valence-corrected chi connectivity index (χ4v) is 5.10. The van der Waals surface area contributed by atoms with Gasteiger partial charge in [-0.15, -0.1) is 0 Å². The zero-order chi connectivity index (χ0) is 17.4. The number of hydrogen-bond donors (Lipinski definition) is 0. The number of amides is 1. The predicted octanol–water partition coefficient (Wildman–Crippen LogP) is 0.979. The average Bonchev–Trinajstić information content (AvgIpc) is 3.31. The number of halogens is 1. The maximum Gasteiger partial charge on any atom is 0.238 e. The van der Waals surface area contributed by atoms with Crippen molar-refractivity contribution >= 4 is 15.9 Å². The van der Waals surface area contributed by atoms with Gasteiger partial charge in [-0.05, 0) is 30.5 Å². The Morgan fingerprint density at radius 3 is 2.62 bits per heavy atom. The van der Waals surface area contributed by atoms with E-state index < -0.39 is 14.8 Å². The number of hydrogen-bond acceptors (Lipinski definition) is 4. The van der Waals surface area contributed by atoms with Crippen molar-refractivity contribution < 1.29 is 22.3 Å². The molecule has 1 saturated carbocycles. The maximum atomic E-state index is 13.2. The molecule has 0 N–H and O–H groups in total. The standard InChI is InChI=1S/C16H21FN2O4S/c1-23-12-16(5-6-16)24(21,22)19-8-7-18(15(20)11-19)10-13-3-2-4-14(17)9-13/h2-4,9H,5-8,10-12H2,1H3. The molecule has 8 heteroatoms. The number of sulfonamides is 1. The molecule has 1 aliphatic carbocycles. The quantitative estimate of drug-likeness (QED) is 0.762. The smallest absolute Gasteiger partial charge is 0.238 e. The third kappa shape index (κ3) is 3.18. The van der Waals surface area contributed by atoms with Crippen LogP contribution in [0, 0.1) is 5.82 Å². The summed E-state index contributed by atoms with van der Waals surface area (Å²) >= 11 is 0. The van der Waals surface area contributed by atoms with Gasteiger partial charge in [0, 0.05) is 26.7 Å². The normalized spacial score (nSPS) is 21.1. The van der Waals surface area contributed by atoms with E-state index in [1.54, 1.807) is 17.0 Å². The van der Waals surface area contributed by atoms with Crippen LogP contribution in [0.15, 0.2) is 24.3 Å². The first-order valence-electron chi connectivity index (χ1n) is 7.89. The number of carbonyl (C=O) groups excluding carboxylic acids is 1. The van der Waals surface area contributed by atoms with Gasteiger partial charge < -0.3 is 9.64 Å². The maximum absolute atomic E-state index is 13.2. The van der Waals surface area contributed by atoms with Gasteiger partial charge in [-0.25, -0.2) is 12.8 Å². The molecule has 24 heavy (non-hydrogen) atoms. The lowest BCUT2D eigenvalue weighted by Gasteiger charge is -2.35. The van der Waals surface area contributed by atoms with Crippen molar-refractivity contribution in [3.05, 3.63) is 35.6 Å². The van der Waals surface area contributed by atoms with E-state index in [1.807, 2.05) is 0 Å². The molecule has 6 nitrogen and oxygen atoms in total. The van der Waals surface area contributed by atoms with Crippen LogP contribution in [0.1, 0.15) is 18.4 Å². The minimum absolute atomic E-state index is 0.160. The first-order chi connectivity index (χ1) is 11.4. The van der Waals surface area contributed by atoms with Crippen LogP contribution >= 0.6 is 0 Å². The molecule has 1 saturated heterocycles. The molecule has 1 heterocycles. The molecule has 0 bridgehead atoms. The first-order valence-corrected chi connectivity index (χ1v) is 9.33. The van der Waals surface area contributed by atoms with Crippen LogP contribution in [0.5, 0.6) is 0 Å². The van der Waals surface area contributed by atoms with Crippen LogP contribution in [0.3, 0.4) is 0 Å². The van der Waals surface area contributed by atoms with Crippen molar-refractivity contribution in [3.8, 4) is 0 Å². The molecule has 2 fully saturated rings. The van der Waals surface area contributed by atoms with E-state index in [9.17, 15) is 17.6 Å². The van der Waals surface area contributed by atoms with Crippen molar-refractivity contribution in [2.45, 2.75) is 24.1 Å². The highest BCUT2D eigenvalue weighted by Gasteiger charge is 2.57. The summed E-state index contributed by atoms with van der Waals surface area (Å²) in [5, 5.41) is 0. The highest BCUT2D eigenvalue weighted by molar-refractivity contribution is 7.90. The van der Waals surface area contributed by atoms with E-state index in [0.717, 1.165) is 0 Å². The van der Waals surface area contributed by atoms with Crippen LogP contribution in [0.4, 0.5) is 4.39 Å². The van der Waals surface area contributed by atoms with Gasteiger partial charge >= 0.3 is 0 Å². The van der Waals surface area contributed by atoms with E-state index in [4.69, 9.17) is 4.74 Å². The molecule has 0 aromatic heterocycles. The molecule has 1 aliphatic heterocycles. The molecule has 0 atom stereocenters. The minimum Gasteiger partial charge on any atom is -0.383 e. The van der Waals surface area contributed by atoms with Gasteiger partial charge in [0.2, 0.25) is 15.9 Å². The Bertz CT molecular complexity index is 733. The second kappa shape index (κ2) is 6.42. The van der Waals surface area contributed by atoms with Gasteiger partial charge in [-0.2, -0.15) is 4.31 Å². The van der Waals surface area contributed by atoms with Gasteiger partial charge in [-0.3, -0.25) is 4.79 Å². The molecule has 132 valence electrons. The largest absolute Gasteiger partial charge is 0.383 e. The SMILES string of the molecule is COCC1(S(=O)(=O)N2CCN(Cc3cccc(F)c3)C(=O)C2)CC1. The molecule has 0 spiro atoms. The predicted molar refractivity (Wildman–Crippen MR) is 86.2 cm³/mol. The second-order valence-electron chi connectivity index (χ2n) is 6.40. The number of nitrogens with zero attached hydrogens (tertiary/aromatic N) is 2. The van der Waals surface area contributed by atoms with E-state index in [0.29, 0.717) is 24.9 Å². The van der Waals surface area contributed by atoms with Crippen molar-refractivity contribution in [1.82, 2.24) is 9.21 Å². The highest BCUT2D eigenvalue weighted by atomic mass is 32.2. The van der Waals surface area contributed by atoms with Crippen molar-refractivity contribution in [3.63, 3.8) is 0 Å². The van der Waals surface area contributed by atoms with Crippen LogP contribution in [-0.4, -0.2) is 61.6 Å². The summed E-state index contributed by atoms with van der Waals surface area (Å²) in [5.74, 6) is -0.612. The molecular weight excluding hydrogens is 335 g/mol. The van der Waals surface area contributed by atoms with E-state index in [2.05, 4.69) is 0 Å². The summed E-state index contributed by atoms with van der Waals surface area (Å²) in [4.78, 5) is 13.9. The lowest BCUT2D eigenvalue weighted by atomic mass is 10.2. The Morgan fingerprint density at radius 1 is 1.29 bits per heavy atom. The number of rotatable bonds is 6. The van der Waals surface area contributed by atoms with Crippen LogP contribution in [0.2, 0.25) is 0 Å². The van der Waals surface area contributed by atoms with Gasteiger partial charge in [0.1, 0.15) is 10.6 Å². The topological polar surface area (TPSA) is 66.9 Å². The van der Waals surface area contributed by atoms with Crippen molar-refractivity contribution in [2.75, 3.05) is 33.4 Å². The lowest BCUT2D eigenvalue weighted by Crippen LogP contribution is -2.54. The number of piperazine rings is 1. The van der Waals surface area contributed by atoms with Crippen LogP contribution in [0.25, 0.3) is 0 Å². The third-order valence-corrected chi connectivity index (χ3v) is 7.26. The molecule has 1 aromatic carbocycles. The summed E-state index contributed by atoms with van der Waals surface area (Å²) in [6.07, 6.45) is 1.14. The molecule has 1 amide bonds. The van der Waals surface area contributed by atoms with E-state index in [1.165, 1.54) is 23.5 Å². The summed E-state index contributed by atoms with van der Waals surface area (Å²) in [6.45, 7) is 0.844. The molecule has 3 rings (SSSR count). The zero-order valence-corrected chi connectivity index (χ0v) is 14.4. The molecular formula is C16H21FN2O4S. The molecule has 0 radical (unpaired) electrons. The summed E-state index contributed by atoms with van der Waals surface area (Å²) in [6, 6.07) is 6.07. The van der Waals surface area contributed by atoms with Crippen LogP contribution in [-0.2, 0) is 26.1 Å². The Kier molecular flexibility index (Phi) is 4.63. The number of methoxy groups -OCH3 is 1. The second-order valence-corrected chi connectivity index (χ2v) is 8.73. The van der Waals surface area contributed by atoms with Gasteiger partial charge in [0.05, 0.1) is 13.2 Å².